The Morgan fingerprint density at radius 1 is 1.06 bits per heavy atom. The molecule has 0 aromatic heterocycles. The number of hydrogen-bond acceptors (Lipinski definition) is 5. The van der Waals surface area contributed by atoms with E-state index in [9.17, 15) is 14.4 Å². The molecule has 2 N–H and O–H groups in total. The van der Waals surface area contributed by atoms with Crippen molar-refractivity contribution in [2.75, 3.05) is 45.2 Å². The molecule has 0 saturated carbocycles. The lowest BCUT2D eigenvalue weighted by Crippen LogP contribution is -2.60. The molecule has 3 amide bonds. The number of methoxy groups -OCH3 is 1. The summed E-state index contributed by atoms with van der Waals surface area (Å²) in [5.74, 6) is 0.193. The van der Waals surface area contributed by atoms with Crippen LogP contribution in [0.5, 0.6) is 5.75 Å². The monoisotopic (exact) mass is 482 g/mol. The molecule has 8 nitrogen and oxygen atoms in total. The van der Waals surface area contributed by atoms with Gasteiger partial charge in [-0.1, -0.05) is 17.7 Å². The van der Waals surface area contributed by atoms with Crippen molar-refractivity contribution in [1.29, 1.82) is 0 Å². The van der Waals surface area contributed by atoms with Crippen molar-refractivity contribution in [3.05, 3.63) is 47.0 Å². The predicted molar refractivity (Wildman–Crippen MR) is 129 cm³/mol. The van der Waals surface area contributed by atoms with Crippen LogP contribution in [0.3, 0.4) is 0 Å². The number of hydrogen-bond donors (Lipinski definition) is 2. The number of fused-ring (bicyclic) bond motifs is 2. The number of carbonyl (C=O) groups is 3. The van der Waals surface area contributed by atoms with Gasteiger partial charge in [-0.2, -0.15) is 0 Å². The minimum atomic E-state index is -0.719. The second-order valence-electron chi connectivity index (χ2n) is 8.92. The van der Waals surface area contributed by atoms with Crippen molar-refractivity contribution in [3.8, 4) is 16.9 Å². The van der Waals surface area contributed by atoms with Gasteiger partial charge < -0.3 is 25.2 Å². The largest absolute Gasteiger partial charge is 0.496 e. The number of rotatable bonds is 3. The van der Waals surface area contributed by atoms with E-state index in [1.54, 1.807) is 47.2 Å². The van der Waals surface area contributed by atoms with Crippen LogP contribution in [-0.2, 0) is 9.59 Å². The smallest absolute Gasteiger partial charge is 0.256 e. The van der Waals surface area contributed by atoms with Gasteiger partial charge in [0.2, 0.25) is 11.8 Å². The van der Waals surface area contributed by atoms with Crippen LogP contribution in [-0.4, -0.2) is 73.4 Å². The lowest BCUT2D eigenvalue weighted by Gasteiger charge is -2.41. The van der Waals surface area contributed by atoms with Gasteiger partial charge in [-0.15, -0.1) is 0 Å². The van der Waals surface area contributed by atoms with E-state index in [1.807, 2.05) is 6.07 Å². The van der Waals surface area contributed by atoms with Gasteiger partial charge in [-0.25, -0.2) is 0 Å². The van der Waals surface area contributed by atoms with Crippen molar-refractivity contribution in [3.63, 3.8) is 0 Å². The maximum absolute atomic E-state index is 13.6. The molecule has 3 heterocycles. The molecule has 3 aliphatic heterocycles. The summed E-state index contributed by atoms with van der Waals surface area (Å²) in [5.41, 5.74) is 2.40. The highest BCUT2D eigenvalue weighted by molar-refractivity contribution is 6.31. The number of anilines is 1. The average Bonchev–Trinajstić information content (AvgIpc) is 2.97. The summed E-state index contributed by atoms with van der Waals surface area (Å²) in [6, 6.07) is 9.92. The molecule has 5 rings (SSSR count). The highest BCUT2D eigenvalue weighted by Gasteiger charge is 2.41. The van der Waals surface area contributed by atoms with Gasteiger partial charge in [0, 0.05) is 29.6 Å². The predicted octanol–water partition coefficient (Wildman–Crippen LogP) is 2.62. The number of halogens is 1. The quantitative estimate of drug-likeness (QED) is 0.701. The molecule has 178 valence electrons. The topological polar surface area (TPSA) is 91.0 Å². The molecule has 3 aliphatic rings. The van der Waals surface area contributed by atoms with E-state index >= 15 is 0 Å². The molecule has 1 atom stereocenters. The molecule has 2 aromatic rings. The summed E-state index contributed by atoms with van der Waals surface area (Å²) < 4.78 is 5.47. The third-order valence-electron chi connectivity index (χ3n) is 6.92. The van der Waals surface area contributed by atoms with Crippen LogP contribution in [0.2, 0.25) is 5.02 Å². The first-order valence-corrected chi connectivity index (χ1v) is 11.9. The second-order valence-corrected chi connectivity index (χ2v) is 9.35. The fraction of sp³-hybridized carbons (Fsp3) is 0.400. The Balaban J connectivity index is 1.42. The molecular weight excluding hydrogens is 456 g/mol. The van der Waals surface area contributed by atoms with E-state index in [0.29, 0.717) is 35.1 Å². The van der Waals surface area contributed by atoms with Crippen molar-refractivity contribution in [2.45, 2.75) is 18.9 Å². The summed E-state index contributed by atoms with van der Waals surface area (Å²) in [7, 11) is 1.58. The molecule has 0 radical (unpaired) electrons. The first kappa shape index (κ1) is 22.7. The number of ether oxygens (including phenoxy) is 1. The van der Waals surface area contributed by atoms with Crippen molar-refractivity contribution >= 4 is 35.0 Å². The number of piperazine rings is 1. The first-order valence-electron chi connectivity index (χ1n) is 11.6. The molecule has 0 aliphatic carbocycles. The average molecular weight is 483 g/mol. The summed E-state index contributed by atoms with van der Waals surface area (Å²) in [5, 5.41) is 6.73. The van der Waals surface area contributed by atoms with Crippen molar-refractivity contribution in [1.82, 2.24) is 15.1 Å². The van der Waals surface area contributed by atoms with E-state index in [1.165, 1.54) is 0 Å². The summed E-state index contributed by atoms with van der Waals surface area (Å²) in [6.07, 6.45) is 1.60. The van der Waals surface area contributed by atoms with Crippen LogP contribution >= 0.6 is 11.6 Å². The number of amides is 3. The molecule has 2 saturated heterocycles. The zero-order valence-electron chi connectivity index (χ0n) is 19.0. The molecule has 0 spiro atoms. The van der Waals surface area contributed by atoms with Gasteiger partial charge in [-0.05, 0) is 61.8 Å². The van der Waals surface area contributed by atoms with Crippen LogP contribution in [0.25, 0.3) is 11.1 Å². The van der Waals surface area contributed by atoms with E-state index < -0.39 is 6.04 Å². The van der Waals surface area contributed by atoms with Crippen LogP contribution in [0.4, 0.5) is 5.69 Å². The van der Waals surface area contributed by atoms with Crippen LogP contribution in [0.15, 0.2) is 36.4 Å². The highest BCUT2D eigenvalue weighted by Crippen LogP contribution is 2.36. The van der Waals surface area contributed by atoms with Gasteiger partial charge in [0.05, 0.1) is 24.9 Å². The Kier molecular flexibility index (Phi) is 6.18. The number of benzene rings is 2. The Labute approximate surface area is 203 Å². The van der Waals surface area contributed by atoms with Crippen molar-refractivity contribution < 1.29 is 19.1 Å². The summed E-state index contributed by atoms with van der Waals surface area (Å²) >= 11 is 6.20. The molecule has 2 fully saturated rings. The van der Waals surface area contributed by atoms with Gasteiger partial charge in [0.25, 0.3) is 5.91 Å². The number of nitrogens with zero attached hydrogens (tertiary/aromatic N) is 2. The van der Waals surface area contributed by atoms with Gasteiger partial charge in [0.15, 0.2) is 0 Å². The molecule has 34 heavy (non-hydrogen) atoms. The molecule has 9 heteroatoms. The van der Waals surface area contributed by atoms with E-state index in [-0.39, 0.29) is 30.2 Å². The van der Waals surface area contributed by atoms with Crippen molar-refractivity contribution in [2.24, 2.45) is 5.92 Å². The number of carbonyl (C=O) groups excluding carboxylic acids is 3. The molecule has 0 bridgehead atoms. The Morgan fingerprint density at radius 2 is 1.85 bits per heavy atom. The fourth-order valence-electron chi connectivity index (χ4n) is 5.05. The lowest BCUT2D eigenvalue weighted by atomic mass is 9.95. The Bertz CT molecular complexity index is 1150. The van der Waals surface area contributed by atoms with E-state index in [0.717, 1.165) is 37.1 Å². The number of piperidine rings is 1. The summed E-state index contributed by atoms with van der Waals surface area (Å²) in [6.45, 7) is 2.61. The third kappa shape index (κ3) is 4.12. The maximum atomic E-state index is 13.6. The lowest BCUT2D eigenvalue weighted by molar-refractivity contribution is -0.140. The Hall–Kier alpha value is -3.10. The normalized spacial score (nSPS) is 20.8. The zero-order valence-corrected chi connectivity index (χ0v) is 19.7. The zero-order chi connectivity index (χ0) is 23.8. The number of nitrogens with one attached hydrogen (secondary N) is 2. The SMILES string of the molecule is COc1ccc(Cl)cc1-c1ccc2c(c1)C(=O)N1CCN(C(=O)C3CCNCC3)CC1C(=O)N2. The minimum Gasteiger partial charge on any atom is -0.496 e. The fourth-order valence-corrected chi connectivity index (χ4v) is 5.22. The van der Waals surface area contributed by atoms with Crippen LogP contribution < -0.4 is 15.4 Å². The van der Waals surface area contributed by atoms with Crippen LogP contribution in [0, 0.1) is 5.92 Å². The molecule has 1 unspecified atom stereocenters. The maximum Gasteiger partial charge on any atom is 0.256 e. The second kappa shape index (κ2) is 9.27. The highest BCUT2D eigenvalue weighted by atomic mass is 35.5. The standard InChI is InChI=1S/C25H27ClN4O4/c1-34-22-5-3-17(26)13-18(22)16-2-4-20-19(12-16)25(33)30-11-10-29(14-21(30)23(31)28-20)24(32)15-6-8-27-9-7-15/h2-5,12-13,15,21,27H,6-11,14H2,1H3,(H,28,31). The van der Waals surface area contributed by atoms with Gasteiger partial charge in [-0.3, -0.25) is 14.4 Å². The van der Waals surface area contributed by atoms with Gasteiger partial charge in [0.1, 0.15) is 11.8 Å². The summed E-state index contributed by atoms with van der Waals surface area (Å²) in [4.78, 5) is 43.1. The minimum absolute atomic E-state index is 0.0234. The van der Waals surface area contributed by atoms with E-state index in [4.69, 9.17) is 16.3 Å². The molecular formula is C25H27ClN4O4. The van der Waals surface area contributed by atoms with Crippen LogP contribution in [0.1, 0.15) is 23.2 Å². The Morgan fingerprint density at radius 3 is 2.62 bits per heavy atom. The first-order chi connectivity index (χ1) is 16.5. The third-order valence-corrected chi connectivity index (χ3v) is 7.16. The van der Waals surface area contributed by atoms with Gasteiger partial charge >= 0.3 is 0 Å². The van der Waals surface area contributed by atoms with E-state index in [2.05, 4.69) is 10.6 Å². The molecule has 2 aromatic carbocycles.